The normalized spacial score (nSPS) is 24.7. The van der Waals surface area contributed by atoms with Gasteiger partial charge in [0.05, 0.1) is 11.2 Å². The summed E-state index contributed by atoms with van der Waals surface area (Å²) in [5, 5.41) is 7.37. The van der Waals surface area contributed by atoms with Crippen LogP contribution in [0.2, 0.25) is 5.02 Å². The molecule has 6 rings (SSSR count). The van der Waals surface area contributed by atoms with Crippen molar-refractivity contribution in [1.82, 2.24) is 19.9 Å². The molecule has 150 valence electrons. The van der Waals surface area contributed by atoms with Crippen LogP contribution >= 0.6 is 11.6 Å². The van der Waals surface area contributed by atoms with Crippen LogP contribution < -0.4 is 10.1 Å². The lowest BCUT2D eigenvalue weighted by Crippen LogP contribution is -2.75. The summed E-state index contributed by atoms with van der Waals surface area (Å²) in [6, 6.07) is 6.15. The standard InChI is InChI=1S/C21H20ClFN4O2/c1-13-8-24-27-5-4-14(25-19(13)27)7-20-10-21(11-20,12-20)26-18(28)9-29-15-2-3-16(22)17(23)6-15/h2-6,8H,7,9-12H2,1H3,(H,26,28). The number of hydrogen-bond acceptors (Lipinski definition) is 4. The number of fused-ring (bicyclic) bond motifs is 1. The van der Waals surface area contributed by atoms with Crippen molar-refractivity contribution in [3.63, 3.8) is 0 Å². The first kappa shape index (κ1) is 18.4. The monoisotopic (exact) mass is 414 g/mol. The van der Waals surface area contributed by atoms with Crippen LogP contribution in [0.4, 0.5) is 4.39 Å². The highest BCUT2D eigenvalue weighted by Gasteiger charge is 2.68. The molecule has 29 heavy (non-hydrogen) atoms. The van der Waals surface area contributed by atoms with Crippen molar-refractivity contribution in [3.05, 3.63) is 58.8 Å². The molecule has 6 nitrogen and oxygen atoms in total. The van der Waals surface area contributed by atoms with Gasteiger partial charge < -0.3 is 10.1 Å². The summed E-state index contributed by atoms with van der Waals surface area (Å²) >= 11 is 5.65. The molecule has 2 heterocycles. The molecule has 3 aliphatic rings. The Morgan fingerprint density at radius 3 is 2.90 bits per heavy atom. The van der Waals surface area contributed by atoms with E-state index in [1.54, 1.807) is 10.6 Å². The Hall–Kier alpha value is -2.67. The first-order valence-electron chi connectivity index (χ1n) is 9.54. The van der Waals surface area contributed by atoms with Crippen LogP contribution in [0.3, 0.4) is 0 Å². The number of benzene rings is 1. The van der Waals surface area contributed by atoms with Crippen molar-refractivity contribution in [3.8, 4) is 5.75 Å². The molecule has 8 heteroatoms. The predicted octanol–water partition coefficient (Wildman–Crippen LogP) is 3.49. The molecule has 1 N–H and O–H groups in total. The topological polar surface area (TPSA) is 68.5 Å². The summed E-state index contributed by atoms with van der Waals surface area (Å²) in [6.07, 6.45) is 7.53. The largest absolute Gasteiger partial charge is 0.484 e. The zero-order valence-corrected chi connectivity index (χ0v) is 16.7. The minimum absolute atomic E-state index is 0.0259. The van der Waals surface area contributed by atoms with Crippen LogP contribution in [0.15, 0.2) is 36.7 Å². The Balaban J connectivity index is 1.14. The van der Waals surface area contributed by atoms with Crippen molar-refractivity contribution in [2.24, 2.45) is 5.41 Å². The molecule has 3 saturated carbocycles. The molecule has 2 bridgehead atoms. The highest BCUT2D eigenvalue weighted by Crippen LogP contribution is 2.68. The van der Waals surface area contributed by atoms with Crippen molar-refractivity contribution < 1.29 is 13.9 Å². The molecule has 0 unspecified atom stereocenters. The minimum atomic E-state index is -0.566. The van der Waals surface area contributed by atoms with E-state index < -0.39 is 5.82 Å². The molecule has 0 spiro atoms. The highest BCUT2D eigenvalue weighted by molar-refractivity contribution is 6.30. The van der Waals surface area contributed by atoms with E-state index >= 15 is 0 Å². The molecule has 0 radical (unpaired) electrons. The van der Waals surface area contributed by atoms with Crippen LogP contribution in [0, 0.1) is 18.2 Å². The quantitative estimate of drug-likeness (QED) is 0.670. The average molecular weight is 415 g/mol. The Bertz CT molecular complexity index is 1110. The zero-order valence-electron chi connectivity index (χ0n) is 15.9. The lowest BCUT2D eigenvalue weighted by Gasteiger charge is -2.70. The van der Waals surface area contributed by atoms with E-state index in [1.165, 1.54) is 12.1 Å². The Labute approximate surface area is 172 Å². The second-order valence-electron chi connectivity index (χ2n) is 8.41. The molecule has 1 aromatic carbocycles. The number of carbonyl (C=O) groups excluding carboxylic acids is 1. The van der Waals surface area contributed by atoms with Gasteiger partial charge in [0, 0.05) is 29.1 Å². The lowest BCUT2D eigenvalue weighted by molar-refractivity contribution is -0.166. The Kier molecular flexibility index (Phi) is 4.07. The summed E-state index contributed by atoms with van der Waals surface area (Å²) in [5.74, 6) is -0.473. The van der Waals surface area contributed by atoms with Crippen molar-refractivity contribution in [1.29, 1.82) is 0 Å². The average Bonchev–Trinajstić information content (AvgIpc) is 3.00. The molecule has 0 atom stereocenters. The molecule has 0 aliphatic heterocycles. The van der Waals surface area contributed by atoms with E-state index in [0.717, 1.165) is 42.6 Å². The van der Waals surface area contributed by atoms with Gasteiger partial charge >= 0.3 is 0 Å². The van der Waals surface area contributed by atoms with Crippen LogP contribution in [-0.4, -0.2) is 32.7 Å². The number of halogens is 2. The zero-order chi connectivity index (χ0) is 20.2. The van der Waals surface area contributed by atoms with Gasteiger partial charge in [-0.1, -0.05) is 11.6 Å². The second kappa shape index (κ2) is 6.42. The first-order valence-corrected chi connectivity index (χ1v) is 9.92. The first-order chi connectivity index (χ1) is 13.9. The van der Waals surface area contributed by atoms with Gasteiger partial charge in [-0.2, -0.15) is 5.10 Å². The number of hydrogen-bond donors (Lipinski definition) is 1. The number of aryl methyl sites for hydroxylation is 1. The van der Waals surface area contributed by atoms with Gasteiger partial charge in [-0.3, -0.25) is 4.79 Å². The molecule has 3 aliphatic carbocycles. The molecule has 0 saturated heterocycles. The van der Waals surface area contributed by atoms with E-state index in [2.05, 4.69) is 10.4 Å². The van der Waals surface area contributed by atoms with E-state index in [0.29, 0.717) is 0 Å². The maximum atomic E-state index is 13.4. The second-order valence-corrected chi connectivity index (χ2v) is 8.82. The molecular weight excluding hydrogens is 395 g/mol. The number of aromatic nitrogens is 3. The van der Waals surface area contributed by atoms with Crippen molar-refractivity contribution in [2.45, 2.75) is 38.1 Å². The molecule has 2 aromatic heterocycles. The number of nitrogens with one attached hydrogen (secondary N) is 1. The third-order valence-electron chi connectivity index (χ3n) is 5.96. The molecular formula is C21H20ClFN4O2. The van der Waals surface area contributed by atoms with Crippen LogP contribution in [0.5, 0.6) is 5.75 Å². The highest BCUT2D eigenvalue weighted by atomic mass is 35.5. The van der Waals surface area contributed by atoms with Gasteiger partial charge in [0.1, 0.15) is 11.6 Å². The number of rotatable bonds is 6. The number of nitrogens with zero attached hydrogens (tertiary/aromatic N) is 3. The SMILES string of the molecule is Cc1cnn2ccc(CC34CC(NC(=O)COc5ccc(Cl)c(F)c5)(C3)C4)nc12. The molecule has 3 aromatic rings. The number of carbonyl (C=O) groups is 1. The smallest absolute Gasteiger partial charge is 0.258 e. The van der Waals surface area contributed by atoms with Gasteiger partial charge in [-0.15, -0.1) is 0 Å². The third kappa shape index (κ3) is 3.23. The maximum absolute atomic E-state index is 13.4. The summed E-state index contributed by atoms with van der Waals surface area (Å²) in [6.45, 7) is 1.86. The minimum Gasteiger partial charge on any atom is -0.484 e. The fraction of sp³-hybridized carbons (Fsp3) is 0.381. The van der Waals surface area contributed by atoms with Gasteiger partial charge in [0.15, 0.2) is 12.3 Å². The Morgan fingerprint density at radius 1 is 1.34 bits per heavy atom. The van der Waals surface area contributed by atoms with Crippen LogP contribution in [0.1, 0.15) is 30.5 Å². The van der Waals surface area contributed by atoms with E-state index in [1.807, 2.05) is 25.4 Å². The summed E-state index contributed by atoms with van der Waals surface area (Å²) in [7, 11) is 0. The van der Waals surface area contributed by atoms with Crippen LogP contribution in [0.25, 0.3) is 5.65 Å². The molecule has 3 fully saturated rings. The van der Waals surface area contributed by atoms with E-state index in [4.69, 9.17) is 21.3 Å². The number of amides is 1. The fourth-order valence-corrected chi connectivity index (χ4v) is 4.99. The van der Waals surface area contributed by atoms with Gasteiger partial charge in [0.25, 0.3) is 5.91 Å². The van der Waals surface area contributed by atoms with E-state index in [-0.39, 0.29) is 34.2 Å². The van der Waals surface area contributed by atoms with Crippen molar-refractivity contribution >= 4 is 23.2 Å². The summed E-state index contributed by atoms with van der Waals surface area (Å²) < 4.78 is 20.6. The Morgan fingerprint density at radius 2 is 2.14 bits per heavy atom. The van der Waals surface area contributed by atoms with Gasteiger partial charge in [-0.25, -0.2) is 13.9 Å². The fourth-order valence-electron chi connectivity index (χ4n) is 4.87. The number of ether oxygens (including phenoxy) is 1. The lowest BCUT2D eigenvalue weighted by atomic mass is 9.38. The van der Waals surface area contributed by atoms with Crippen molar-refractivity contribution in [2.75, 3.05) is 6.61 Å². The molecule has 1 amide bonds. The van der Waals surface area contributed by atoms with Gasteiger partial charge in [0.2, 0.25) is 0 Å². The van der Waals surface area contributed by atoms with Gasteiger partial charge in [-0.05, 0) is 56.2 Å². The van der Waals surface area contributed by atoms with E-state index in [9.17, 15) is 9.18 Å². The summed E-state index contributed by atoms with van der Waals surface area (Å²) in [4.78, 5) is 17.0. The predicted molar refractivity (Wildman–Crippen MR) is 105 cm³/mol. The van der Waals surface area contributed by atoms with Crippen LogP contribution in [-0.2, 0) is 11.2 Å². The third-order valence-corrected chi connectivity index (χ3v) is 6.27. The maximum Gasteiger partial charge on any atom is 0.258 e. The summed E-state index contributed by atoms with van der Waals surface area (Å²) in [5.41, 5.74) is 3.13.